The van der Waals surface area contributed by atoms with Crippen LogP contribution >= 0.6 is 22.9 Å². The highest BCUT2D eigenvalue weighted by molar-refractivity contribution is 7.16. The number of amides is 1. The van der Waals surface area contributed by atoms with Crippen molar-refractivity contribution in [2.75, 3.05) is 0 Å². The second kappa shape index (κ2) is 8.00. The number of fused-ring (bicyclic) bond motifs is 1. The molecule has 4 aromatic rings. The summed E-state index contributed by atoms with van der Waals surface area (Å²) in [7, 11) is 0. The highest BCUT2D eigenvalue weighted by Crippen LogP contribution is 2.23. The van der Waals surface area contributed by atoms with E-state index in [0.29, 0.717) is 33.4 Å². The zero-order valence-corrected chi connectivity index (χ0v) is 16.7. The summed E-state index contributed by atoms with van der Waals surface area (Å²) < 4.78 is 8.83. The third kappa shape index (κ3) is 3.86. The Morgan fingerprint density at radius 3 is 2.61 bits per heavy atom. The Morgan fingerprint density at radius 1 is 1.04 bits per heavy atom. The lowest BCUT2D eigenvalue weighted by Gasteiger charge is -2.06. The molecule has 0 unspecified atom stereocenters. The molecule has 0 fully saturated rings. The quantitative estimate of drug-likeness (QED) is 0.421. The van der Waals surface area contributed by atoms with Crippen LogP contribution in [0, 0.1) is 0 Å². The number of nitrogens with zero attached hydrogens (tertiary/aromatic N) is 2. The summed E-state index contributed by atoms with van der Waals surface area (Å²) in [6, 6.07) is 22.2. The predicted octanol–water partition coefficient (Wildman–Crippen LogP) is 5.91. The molecule has 0 aliphatic rings. The molecule has 1 amide bonds. The van der Waals surface area contributed by atoms with E-state index < -0.39 is 0 Å². The molecule has 0 spiro atoms. The molecule has 6 heteroatoms. The van der Waals surface area contributed by atoms with Gasteiger partial charge in [0, 0.05) is 17.1 Å². The van der Waals surface area contributed by atoms with Crippen molar-refractivity contribution in [2.24, 2.45) is 4.99 Å². The Hall–Kier alpha value is -2.89. The van der Waals surface area contributed by atoms with Gasteiger partial charge < -0.3 is 9.30 Å². The van der Waals surface area contributed by atoms with Gasteiger partial charge in [-0.25, -0.2) is 0 Å². The number of ether oxygens (including phenoxy) is 1. The molecule has 140 valence electrons. The third-order valence-electron chi connectivity index (χ3n) is 4.22. The molecule has 0 saturated heterocycles. The Balaban J connectivity index is 1.68. The minimum Gasteiger partial charge on any atom is -0.457 e. The van der Waals surface area contributed by atoms with Gasteiger partial charge in [-0.1, -0.05) is 47.2 Å². The van der Waals surface area contributed by atoms with E-state index in [-0.39, 0.29) is 5.91 Å². The van der Waals surface area contributed by atoms with Gasteiger partial charge in [0.15, 0.2) is 4.80 Å². The first-order chi connectivity index (χ1) is 13.6. The summed E-state index contributed by atoms with van der Waals surface area (Å²) in [5, 5.41) is 0.667. The van der Waals surface area contributed by atoms with Crippen LogP contribution in [0.3, 0.4) is 0 Å². The molecule has 1 heterocycles. The summed E-state index contributed by atoms with van der Waals surface area (Å²) in [6.07, 6.45) is 0. The summed E-state index contributed by atoms with van der Waals surface area (Å²) in [5.74, 6) is 1.01. The van der Waals surface area contributed by atoms with Crippen molar-refractivity contribution in [1.82, 2.24) is 4.57 Å². The topological polar surface area (TPSA) is 43.6 Å². The number of para-hydroxylation sites is 1. The molecule has 4 nitrogen and oxygen atoms in total. The van der Waals surface area contributed by atoms with E-state index in [1.165, 1.54) is 11.3 Å². The fraction of sp³-hybridized carbons (Fsp3) is 0.0909. The number of thiazole rings is 1. The highest BCUT2D eigenvalue weighted by Gasteiger charge is 2.10. The van der Waals surface area contributed by atoms with Gasteiger partial charge in [0.1, 0.15) is 11.5 Å². The number of carbonyl (C=O) groups excluding carboxylic acids is 1. The summed E-state index contributed by atoms with van der Waals surface area (Å²) in [4.78, 5) is 17.8. The van der Waals surface area contributed by atoms with Crippen molar-refractivity contribution >= 4 is 39.1 Å². The van der Waals surface area contributed by atoms with Crippen molar-refractivity contribution in [3.63, 3.8) is 0 Å². The number of aromatic nitrogens is 1. The second-order valence-electron chi connectivity index (χ2n) is 6.10. The van der Waals surface area contributed by atoms with Gasteiger partial charge in [-0.05, 0) is 55.5 Å². The van der Waals surface area contributed by atoms with Gasteiger partial charge in [-0.15, -0.1) is 0 Å². The van der Waals surface area contributed by atoms with Gasteiger partial charge in [-0.3, -0.25) is 4.79 Å². The van der Waals surface area contributed by atoms with Gasteiger partial charge in [0.2, 0.25) is 0 Å². The molecule has 0 N–H and O–H groups in total. The van der Waals surface area contributed by atoms with E-state index in [1.807, 2.05) is 66.1 Å². The van der Waals surface area contributed by atoms with Gasteiger partial charge in [0.05, 0.1) is 10.2 Å². The molecule has 0 aliphatic heterocycles. The molecule has 1 aromatic heterocycles. The van der Waals surface area contributed by atoms with Crippen molar-refractivity contribution in [3.05, 3.63) is 88.2 Å². The first-order valence-electron chi connectivity index (χ1n) is 8.85. The maximum absolute atomic E-state index is 12.8. The highest BCUT2D eigenvalue weighted by atomic mass is 35.5. The van der Waals surface area contributed by atoms with Crippen molar-refractivity contribution < 1.29 is 9.53 Å². The number of carbonyl (C=O) groups is 1. The zero-order valence-electron chi connectivity index (χ0n) is 15.1. The minimum absolute atomic E-state index is 0.307. The van der Waals surface area contributed by atoms with Crippen LogP contribution in [0.15, 0.2) is 77.8 Å². The smallest absolute Gasteiger partial charge is 0.279 e. The zero-order chi connectivity index (χ0) is 19.5. The lowest BCUT2D eigenvalue weighted by molar-refractivity contribution is 0.0997. The molecule has 0 bridgehead atoms. The summed E-state index contributed by atoms with van der Waals surface area (Å²) in [5.41, 5.74) is 1.50. The molecule has 4 rings (SSSR count). The lowest BCUT2D eigenvalue weighted by Crippen LogP contribution is -2.15. The van der Waals surface area contributed by atoms with Gasteiger partial charge >= 0.3 is 0 Å². The van der Waals surface area contributed by atoms with Crippen LogP contribution in [-0.2, 0) is 6.54 Å². The van der Waals surface area contributed by atoms with Gasteiger partial charge in [0.25, 0.3) is 5.91 Å². The van der Waals surface area contributed by atoms with E-state index in [1.54, 1.807) is 18.2 Å². The van der Waals surface area contributed by atoms with E-state index >= 15 is 0 Å². The second-order valence-corrected chi connectivity index (χ2v) is 7.55. The third-order valence-corrected chi connectivity index (χ3v) is 5.49. The van der Waals surface area contributed by atoms with Crippen LogP contribution in [-0.4, -0.2) is 10.5 Å². The Labute approximate surface area is 171 Å². The van der Waals surface area contributed by atoms with Crippen LogP contribution in [0.25, 0.3) is 10.2 Å². The minimum atomic E-state index is -0.307. The SMILES string of the molecule is CCn1c(=NC(=O)c2cccc(Oc3ccccc3)c2)sc2cc(Cl)ccc21. The number of hydrogen-bond donors (Lipinski definition) is 0. The molecular formula is C22H17ClN2O2S. The van der Waals surface area contributed by atoms with E-state index in [0.717, 1.165) is 10.2 Å². The van der Waals surface area contributed by atoms with E-state index in [2.05, 4.69) is 4.99 Å². The average Bonchev–Trinajstić information content (AvgIpc) is 3.04. The molecule has 0 aliphatic carbocycles. The van der Waals surface area contributed by atoms with Crippen LogP contribution in [0.2, 0.25) is 5.02 Å². The number of benzene rings is 3. The monoisotopic (exact) mass is 408 g/mol. The summed E-state index contributed by atoms with van der Waals surface area (Å²) in [6.45, 7) is 2.74. The van der Waals surface area contributed by atoms with Crippen molar-refractivity contribution in [3.8, 4) is 11.5 Å². The fourth-order valence-electron chi connectivity index (χ4n) is 2.91. The average molecular weight is 409 g/mol. The van der Waals surface area contributed by atoms with Crippen LogP contribution in [0.5, 0.6) is 11.5 Å². The molecule has 3 aromatic carbocycles. The maximum Gasteiger partial charge on any atom is 0.279 e. The Bertz CT molecular complexity index is 1210. The normalized spacial score (nSPS) is 11.7. The first-order valence-corrected chi connectivity index (χ1v) is 10.0. The van der Waals surface area contributed by atoms with Crippen molar-refractivity contribution in [2.45, 2.75) is 13.5 Å². The molecular weight excluding hydrogens is 392 g/mol. The number of rotatable bonds is 4. The Morgan fingerprint density at radius 2 is 1.82 bits per heavy atom. The van der Waals surface area contributed by atoms with E-state index in [9.17, 15) is 4.79 Å². The number of halogens is 1. The lowest BCUT2D eigenvalue weighted by atomic mass is 10.2. The fourth-order valence-corrected chi connectivity index (χ4v) is 4.28. The number of hydrogen-bond acceptors (Lipinski definition) is 3. The van der Waals surface area contributed by atoms with Crippen LogP contribution in [0.1, 0.15) is 17.3 Å². The standard InChI is InChI=1S/C22H17ClN2O2S/c1-2-25-19-12-11-16(23)14-20(19)28-22(25)24-21(26)15-7-6-10-18(13-15)27-17-8-4-3-5-9-17/h3-14H,2H2,1H3. The largest absolute Gasteiger partial charge is 0.457 e. The molecule has 0 saturated carbocycles. The maximum atomic E-state index is 12.8. The van der Waals surface area contributed by atoms with Gasteiger partial charge in [-0.2, -0.15) is 4.99 Å². The number of aryl methyl sites for hydroxylation is 1. The van der Waals surface area contributed by atoms with Crippen LogP contribution < -0.4 is 9.54 Å². The molecule has 0 atom stereocenters. The predicted molar refractivity (Wildman–Crippen MR) is 113 cm³/mol. The molecule has 0 radical (unpaired) electrons. The van der Waals surface area contributed by atoms with E-state index in [4.69, 9.17) is 16.3 Å². The molecule has 28 heavy (non-hydrogen) atoms. The first kappa shape index (κ1) is 18.5. The van der Waals surface area contributed by atoms with Crippen molar-refractivity contribution in [1.29, 1.82) is 0 Å². The Kier molecular flexibility index (Phi) is 5.28. The summed E-state index contributed by atoms with van der Waals surface area (Å²) >= 11 is 7.55. The van der Waals surface area contributed by atoms with Crippen LogP contribution in [0.4, 0.5) is 0 Å².